The van der Waals surface area contributed by atoms with E-state index in [0.29, 0.717) is 12.4 Å². The van der Waals surface area contributed by atoms with Crippen LogP contribution in [0, 0.1) is 10.1 Å². The van der Waals surface area contributed by atoms with Crippen molar-refractivity contribution in [3.63, 3.8) is 0 Å². The highest BCUT2D eigenvalue weighted by molar-refractivity contribution is 5.41. The molecule has 6 nitrogen and oxygen atoms in total. The molecule has 0 atom stereocenters. The number of hydrogen-bond donors (Lipinski definition) is 1. The number of nitrogens with zero attached hydrogens (tertiary/aromatic N) is 2. The molecule has 2 aromatic rings. The van der Waals surface area contributed by atoms with E-state index >= 15 is 0 Å². The molecule has 1 aromatic heterocycles. The van der Waals surface area contributed by atoms with Crippen LogP contribution in [0.2, 0.25) is 0 Å². The maximum atomic E-state index is 10.5. The molecule has 0 saturated carbocycles. The van der Waals surface area contributed by atoms with Crippen molar-refractivity contribution < 1.29 is 9.66 Å². The van der Waals surface area contributed by atoms with Gasteiger partial charge in [0.25, 0.3) is 5.69 Å². The van der Waals surface area contributed by atoms with E-state index in [0.717, 1.165) is 17.7 Å². The molecule has 20 heavy (non-hydrogen) atoms. The summed E-state index contributed by atoms with van der Waals surface area (Å²) in [6.07, 6.45) is 2.02. The maximum Gasteiger partial charge on any atom is 0.287 e. The molecule has 1 aromatic carbocycles. The summed E-state index contributed by atoms with van der Waals surface area (Å²) in [5.74, 6) is 1.47. The van der Waals surface area contributed by atoms with E-state index in [-0.39, 0.29) is 5.69 Å². The molecule has 0 spiro atoms. The summed E-state index contributed by atoms with van der Waals surface area (Å²) < 4.78 is 5.27. The highest BCUT2D eigenvalue weighted by Crippen LogP contribution is 2.18. The first kappa shape index (κ1) is 13.8. The summed E-state index contributed by atoms with van der Waals surface area (Å²) in [6, 6.07) is 10.8. The SMILES string of the molecule is COc1ccccc1CCNc1ccc([N+](=O)[O-])cn1. The van der Waals surface area contributed by atoms with Crippen LogP contribution in [0.15, 0.2) is 42.6 Å². The number of nitrogens with one attached hydrogen (secondary N) is 1. The molecule has 0 saturated heterocycles. The summed E-state index contributed by atoms with van der Waals surface area (Å²) >= 11 is 0. The Morgan fingerprint density at radius 2 is 2.10 bits per heavy atom. The smallest absolute Gasteiger partial charge is 0.287 e. The van der Waals surface area contributed by atoms with Gasteiger partial charge in [0.2, 0.25) is 0 Å². The molecular weight excluding hydrogens is 258 g/mol. The second kappa shape index (κ2) is 6.51. The number of benzene rings is 1. The zero-order valence-corrected chi connectivity index (χ0v) is 11.1. The van der Waals surface area contributed by atoms with Gasteiger partial charge in [-0.2, -0.15) is 0 Å². The van der Waals surface area contributed by atoms with E-state index in [1.54, 1.807) is 13.2 Å². The zero-order valence-electron chi connectivity index (χ0n) is 11.1. The van der Waals surface area contributed by atoms with Gasteiger partial charge >= 0.3 is 0 Å². The van der Waals surface area contributed by atoms with E-state index in [1.807, 2.05) is 24.3 Å². The fourth-order valence-corrected chi connectivity index (χ4v) is 1.83. The molecule has 0 aliphatic heterocycles. The third-order valence-corrected chi connectivity index (χ3v) is 2.85. The van der Waals surface area contributed by atoms with Gasteiger partial charge in [-0.05, 0) is 24.1 Å². The lowest BCUT2D eigenvalue weighted by molar-refractivity contribution is -0.385. The Hall–Kier alpha value is -2.63. The predicted octanol–water partition coefficient (Wildman–Crippen LogP) is 2.65. The third kappa shape index (κ3) is 3.44. The van der Waals surface area contributed by atoms with Crippen molar-refractivity contribution in [2.45, 2.75) is 6.42 Å². The normalized spacial score (nSPS) is 10.1. The number of pyridine rings is 1. The number of aromatic nitrogens is 1. The molecule has 2 rings (SSSR count). The van der Waals surface area contributed by atoms with Crippen molar-refractivity contribution in [2.75, 3.05) is 19.0 Å². The molecule has 0 aliphatic carbocycles. The number of nitro groups is 1. The van der Waals surface area contributed by atoms with Gasteiger partial charge in [-0.1, -0.05) is 18.2 Å². The van der Waals surface area contributed by atoms with Crippen LogP contribution in [-0.2, 0) is 6.42 Å². The summed E-state index contributed by atoms with van der Waals surface area (Å²) in [7, 11) is 1.64. The number of rotatable bonds is 6. The van der Waals surface area contributed by atoms with Crippen LogP contribution < -0.4 is 10.1 Å². The van der Waals surface area contributed by atoms with Gasteiger partial charge in [-0.25, -0.2) is 4.98 Å². The highest BCUT2D eigenvalue weighted by Gasteiger charge is 2.05. The Morgan fingerprint density at radius 3 is 2.75 bits per heavy atom. The van der Waals surface area contributed by atoms with Gasteiger partial charge in [0, 0.05) is 12.6 Å². The maximum absolute atomic E-state index is 10.5. The Kier molecular flexibility index (Phi) is 4.49. The van der Waals surface area contributed by atoms with E-state index in [4.69, 9.17) is 4.74 Å². The molecule has 0 unspecified atom stereocenters. The van der Waals surface area contributed by atoms with Crippen molar-refractivity contribution in [1.82, 2.24) is 4.98 Å². The monoisotopic (exact) mass is 273 g/mol. The van der Waals surface area contributed by atoms with Gasteiger partial charge in [-0.3, -0.25) is 10.1 Å². The van der Waals surface area contributed by atoms with Crippen LogP contribution in [0.1, 0.15) is 5.56 Å². The highest BCUT2D eigenvalue weighted by atomic mass is 16.6. The summed E-state index contributed by atoms with van der Waals surface area (Å²) in [5, 5.41) is 13.6. The molecule has 0 bridgehead atoms. The second-order valence-corrected chi connectivity index (χ2v) is 4.15. The number of anilines is 1. The number of para-hydroxylation sites is 1. The van der Waals surface area contributed by atoms with Gasteiger partial charge in [0.1, 0.15) is 17.8 Å². The fraction of sp³-hybridized carbons (Fsp3) is 0.214. The largest absolute Gasteiger partial charge is 0.496 e. The minimum absolute atomic E-state index is 0.0136. The molecule has 1 N–H and O–H groups in total. The molecule has 104 valence electrons. The Labute approximate surface area is 116 Å². The molecule has 0 radical (unpaired) electrons. The van der Waals surface area contributed by atoms with E-state index in [2.05, 4.69) is 10.3 Å². The van der Waals surface area contributed by atoms with E-state index in [9.17, 15) is 10.1 Å². The molecule has 0 aliphatic rings. The van der Waals surface area contributed by atoms with Gasteiger partial charge in [0.15, 0.2) is 0 Å². The van der Waals surface area contributed by atoms with Crippen LogP contribution in [0.25, 0.3) is 0 Å². The number of hydrogen-bond acceptors (Lipinski definition) is 5. The average molecular weight is 273 g/mol. The van der Waals surface area contributed by atoms with E-state index < -0.39 is 4.92 Å². The first-order chi connectivity index (χ1) is 9.70. The van der Waals surface area contributed by atoms with Crippen LogP contribution >= 0.6 is 0 Å². The van der Waals surface area contributed by atoms with Crippen molar-refractivity contribution in [2.24, 2.45) is 0 Å². The first-order valence-electron chi connectivity index (χ1n) is 6.17. The lowest BCUT2D eigenvalue weighted by Crippen LogP contribution is -2.07. The third-order valence-electron chi connectivity index (χ3n) is 2.85. The van der Waals surface area contributed by atoms with Crippen LogP contribution in [0.5, 0.6) is 5.75 Å². The predicted molar refractivity (Wildman–Crippen MR) is 76.1 cm³/mol. The average Bonchev–Trinajstić information content (AvgIpc) is 2.48. The van der Waals surface area contributed by atoms with Gasteiger partial charge in [-0.15, -0.1) is 0 Å². The van der Waals surface area contributed by atoms with Crippen LogP contribution in [0.4, 0.5) is 11.5 Å². The van der Waals surface area contributed by atoms with E-state index in [1.165, 1.54) is 12.3 Å². The van der Waals surface area contributed by atoms with Crippen molar-refractivity contribution in [3.05, 3.63) is 58.3 Å². The topological polar surface area (TPSA) is 77.3 Å². The Bertz CT molecular complexity index is 584. The van der Waals surface area contributed by atoms with Crippen LogP contribution in [0.3, 0.4) is 0 Å². The molecule has 6 heteroatoms. The summed E-state index contributed by atoms with van der Waals surface area (Å²) in [6.45, 7) is 0.672. The minimum Gasteiger partial charge on any atom is -0.496 e. The van der Waals surface area contributed by atoms with Gasteiger partial charge < -0.3 is 10.1 Å². The van der Waals surface area contributed by atoms with Crippen LogP contribution in [-0.4, -0.2) is 23.6 Å². The Morgan fingerprint density at radius 1 is 1.30 bits per heavy atom. The lowest BCUT2D eigenvalue weighted by atomic mass is 10.1. The summed E-state index contributed by atoms with van der Waals surface area (Å²) in [4.78, 5) is 14.0. The molecule has 0 fully saturated rings. The minimum atomic E-state index is -0.467. The first-order valence-corrected chi connectivity index (χ1v) is 6.17. The standard InChI is InChI=1S/C14H15N3O3/c1-20-13-5-3-2-4-11(13)8-9-15-14-7-6-12(10-16-14)17(18)19/h2-7,10H,8-9H2,1H3,(H,15,16). The van der Waals surface area contributed by atoms with Gasteiger partial charge in [0.05, 0.1) is 12.0 Å². The second-order valence-electron chi connectivity index (χ2n) is 4.15. The molecule has 0 amide bonds. The number of methoxy groups -OCH3 is 1. The number of ether oxygens (including phenoxy) is 1. The van der Waals surface area contributed by atoms with Crippen molar-refractivity contribution in [1.29, 1.82) is 0 Å². The van der Waals surface area contributed by atoms with Crippen molar-refractivity contribution in [3.8, 4) is 5.75 Å². The zero-order chi connectivity index (χ0) is 14.4. The van der Waals surface area contributed by atoms with Crippen molar-refractivity contribution >= 4 is 11.5 Å². The molecule has 1 heterocycles. The Balaban J connectivity index is 1.91. The quantitative estimate of drug-likeness (QED) is 0.646. The molecular formula is C14H15N3O3. The summed E-state index contributed by atoms with van der Waals surface area (Å²) in [5.41, 5.74) is 1.09. The fourth-order valence-electron chi connectivity index (χ4n) is 1.83. The lowest BCUT2D eigenvalue weighted by Gasteiger charge is -2.09.